The van der Waals surface area contributed by atoms with E-state index in [2.05, 4.69) is 33.8 Å². The van der Waals surface area contributed by atoms with Crippen molar-refractivity contribution in [3.63, 3.8) is 0 Å². The molecule has 0 amide bonds. The Balaban J connectivity index is 1.67. The summed E-state index contributed by atoms with van der Waals surface area (Å²) in [6.45, 7) is 14.2. The zero-order valence-corrected chi connectivity index (χ0v) is 22.1. The van der Waals surface area contributed by atoms with Crippen molar-refractivity contribution >= 4 is 8.07 Å². The van der Waals surface area contributed by atoms with E-state index in [4.69, 9.17) is 6.58 Å². The Morgan fingerprint density at radius 2 is 1.69 bits per heavy atom. The Bertz CT molecular complexity index is 831. The van der Waals surface area contributed by atoms with Crippen LogP contribution in [0.5, 0.6) is 5.75 Å². The number of phenolic OH excluding ortho intramolecular Hbond substituents is 1. The number of fused-ring (bicyclic) bond motifs is 5. The first-order valence-corrected chi connectivity index (χ1v) is 16.1. The van der Waals surface area contributed by atoms with Gasteiger partial charge in [-0.05, 0) is 79.5 Å². The summed E-state index contributed by atoms with van der Waals surface area (Å²) in [5.41, 5.74) is 2.12. The van der Waals surface area contributed by atoms with Crippen LogP contribution in [0.4, 0.5) is 0 Å². The van der Waals surface area contributed by atoms with Gasteiger partial charge in [-0.25, -0.2) is 0 Å². The van der Waals surface area contributed by atoms with E-state index < -0.39 is 13.7 Å². The SMILES string of the molecule is C=C([C@]1(O)CC[C@H]2[C@@H]3CCc4cc(O)ccc4[C@H]3CC[C@@]21C)[Si](CCC)(CCC)CCC. The highest BCUT2D eigenvalue weighted by Gasteiger charge is 2.64. The Kier molecular flexibility index (Phi) is 6.73. The monoisotopic (exact) mass is 454 g/mol. The molecule has 2 saturated carbocycles. The van der Waals surface area contributed by atoms with Crippen molar-refractivity contribution in [3.8, 4) is 5.75 Å². The molecule has 3 aliphatic carbocycles. The van der Waals surface area contributed by atoms with Gasteiger partial charge in [0.05, 0.1) is 13.7 Å². The molecule has 0 bridgehead atoms. The lowest BCUT2D eigenvalue weighted by Gasteiger charge is -2.56. The fourth-order valence-electron chi connectivity index (χ4n) is 8.78. The summed E-state index contributed by atoms with van der Waals surface area (Å²) in [6, 6.07) is 9.93. The van der Waals surface area contributed by atoms with Crippen molar-refractivity contribution in [1.29, 1.82) is 0 Å². The molecule has 2 fully saturated rings. The third-order valence-corrected chi connectivity index (χ3v) is 16.3. The molecule has 0 aromatic heterocycles. The number of rotatable bonds is 8. The van der Waals surface area contributed by atoms with E-state index in [1.165, 1.54) is 60.1 Å². The first kappa shape index (κ1) is 24.1. The van der Waals surface area contributed by atoms with Gasteiger partial charge in [0.1, 0.15) is 5.75 Å². The van der Waals surface area contributed by atoms with Gasteiger partial charge in [0.25, 0.3) is 0 Å². The highest BCUT2D eigenvalue weighted by molar-refractivity contribution is 6.86. The second-order valence-electron chi connectivity index (χ2n) is 11.7. The Hall–Kier alpha value is -1.06. The molecule has 0 saturated heterocycles. The molecule has 0 aliphatic heterocycles. The average molecular weight is 455 g/mol. The van der Waals surface area contributed by atoms with Gasteiger partial charge in [-0.1, -0.05) is 76.4 Å². The van der Waals surface area contributed by atoms with Crippen molar-refractivity contribution in [2.24, 2.45) is 17.3 Å². The molecule has 178 valence electrons. The molecule has 2 N–H and O–H groups in total. The van der Waals surface area contributed by atoms with Gasteiger partial charge in [-0.2, -0.15) is 0 Å². The Morgan fingerprint density at radius 3 is 2.31 bits per heavy atom. The van der Waals surface area contributed by atoms with Gasteiger partial charge in [0, 0.05) is 5.41 Å². The van der Waals surface area contributed by atoms with E-state index in [0.717, 1.165) is 32.1 Å². The molecule has 2 nitrogen and oxygen atoms in total. The smallest absolute Gasteiger partial charge is 0.115 e. The molecule has 0 radical (unpaired) electrons. The van der Waals surface area contributed by atoms with E-state index in [-0.39, 0.29) is 5.41 Å². The summed E-state index contributed by atoms with van der Waals surface area (Å²) < 4.78 is 0. The summed E-state index contributed by atoms with van der Waals surface area (Å²) in [5.74, 6) is 2.24. The molecular formula is C29H46O2Si. The summed E-state index contributed by atoms with van der Waals surface area (Å²) in [7, 11) is -1.74. The number of phenols is 1. The van der Waals surface area contributed by atoms with Gasteiger partial charge in [-0.15, -0.1) is 6.58 Å². The van der Waals surface area contributed by atoms with E-state index in [1.54, 1.807) is 0 Å². The van der Waals surface area contributed by atoms with Crippen LogP contribution in [0, 0.1) is 17.3 Å². The molecule has 1 aromatic carbocycles. The normalized spacial score (nSPS) is 34.0. The first-order chi connectivity index (χ1) is 15.3. The molecule has 3 heteroatoms. The van der Waals surface area contributed by atoms with Crippen molar-refractivity contribution in [2.75, 3.05) is 0 Å². The van der Waals surface area contributed by atoms with Crippen LogP contribution < -0.4 is 0 Å². The predicted molar refractivity (Wildman–Crippen MR) is 138 cm³/mol. The summed E-state index contributed by atoms with van der Waals surface area (Å²) in [5, 5.41) is 23.8. The van der Waals surface area contributed by atoms with Gasteiger partial charge in [-0.3, -0.25) is 0 Å². The zero-order valence-electron chi connectivity index (χ0n) is 21.1. The minimum absolute atomic E-state index is 0.0346. The number of hydrogen-bond donors (Lipinski definition) is 2. The lowest BCUT2D eigenvalue weighted by atomic mass is 9.53. The van der Waals surface area contributed by atoms with Crippen LogP contribution >= 0.6 is 0 Å². The van der Waals surface area contributed by atoms with E-state index >= 15 is 0 Å². The fourth-order valence-corrected chi connectivity index (χ4v) is 14.6. The Labute approximate surface area is 197 Å². The Morgan fingerprint density at radius 1 is 1.03 bits per heavy atom. The second-order valence-corrected chi connectivity index (χ2v) is 16.3. The third kappa shape index (κ3) is 3.53. The van der Waals surface area contributed by atoms with Crippen molar-refractivity contribution < 1.29 is 10.2 Å². The molecule has 0 spiro atoms. The van der Waals surface area contributed by atoms with Crippen LogP contribution in [0.25, 0.3) is 0 Å². The molecule has 4 rings (SSSR count). The van der Waals surface area contributed by atoms with Gasteiger partial charge in [0.15, 0.2) is 0 Å². The molecule has 5 atom stereocenters. The van der Waals surface area contributed by atoms with Crippen LogP contribution in [0.2, 0.25) is 18.1 Å². The number of benzene rings is 1. The maximum atomic E-state index is 12.6. The first-order valence-electron chi connectivity index (χ1n) is 13.5. The van der Waals surface area contributed by atoms with E-state index in [9.17, 15) is 10.2 Å². The van der Waals surface area contributed by atoms with Crippen LogP contribution in [-0.2, 0) is 6.42 Å². The molecule has 3 aliphatic rings. The third-order valence-electron chi connectivity index (χ3n) is 10.2. The average Bonchev–Trinajstić information content (AvgIpc) is 3.05. The number of aromatic hydroxyl groups is 1. The predicted octanol–water partition coefficient (Wildman–Crippen LogP) is 7.75. The summed E-state index contributed by atoms with van der Waals surface area (Å²) in [4.78, 5) is 0. The standard InChI is InChI=1S/C29H46O2Si/c1-6-17-32(18-7-2,19-8-3)21(4)29(31)16-14-27-26-11-9-22-20-23(30)10-12-24(22)25(26)13-15-28(27,29)5/h10,12,20,25-27,30-31H,4,6-9,11,13-19H2,1-3,5H3/t25-,26-,27+,28+,29-/m1/s1. The minimum atomic E-state index is -1.74. The quantitative estimate of drug-likeness (QED) is 0.394. The second kappa shape index (κ2) is 8.95. The van der Waals surface area contributed by atoms with Gasteiger partial charge < -0.3 is 10.2 Å². The topological polar surface area (TPSA) is 40.5 Å². The number of hydrogen-bond acceptors (Lipinski definition) is 2. The van der Waals surface area contributed by atoms with Crippen LogP contribution in [0.3, 0.4) is 0 Å². The van der Waals surface area contributed by atoms with Crippen molar-refractivity contribution in [3.05, 3.63) is 41.1 Å². The molecule has 32 heavy (non-hydrogen) atoms. The van der Waals surface area contributed by atoms with Gasteiger partial charge >= 0.3 is 0 Å². The highest BCUT2D eigenvalue weighted by Crippen LogP contribution is 2.66. The van der Waals surface area contributed by atoms with Crippen LogP contribution in [-0.4, -0.2) is 23.9 Å². The lowest BCUT2D eigenvalue weighted by Crippen LogP contribution is -2.57. The van der Waals surface area contributed by atoms with E-state index in [1.807, 2.05) is 12.1 Å². The maximum Gasteiger partial charge on any atom is 0.115 e. The summed E-state index contributed by atoms with van der Waals surface area (Å²) in [6.07, 6.45) is 10.3. The fraction of sp³-hybridized carbons (Fsp3) is 0.724. The van der Waals surface area contributed by atoms with Crippen LogP contribution in [0.1, 0.15) is 96.1 Å². The number of aryl methyl sites for hydroxylation is 1. The highest BCUT2D eigenvalue weighted by atomic mass is 28.3. The summed E-state index contributed by atoms with van der Waals surface area (Å²) >= 11 is 0. The minimum Gasteiger partial charge on any atom is -0.508 e. The van der Waals surface area contributed by atoms with Crippen LogP contribution in [0.15, 0.2) is 30.0 Å². The number of aliphatic hydroxyl groups is 1. The molecule has 0 heterocycles. The largest absolute Gasteiger partial charge is 0.508 e. The van der Waals surface area contributed by atoms with Crippen molar-refractivity contribution in [1.82, 2.24) is 0 Å². The molecule has 0 unspecified atom stereocenters. The molecule has 1 aromatic rings. The lowest BCUT2D eigenvalue weighted by molar-refractivity contribution is -0.0745. The molecular weight excluding hydrogens is 408 g/mol. The maximum absolute atomic E-state index is 12.6. The zero-order chi connectivity index (χ0) is 23.1. The van der Waals surface area contributed by atoms with E-state index in [0.29, 0.717) is 23.5 Å². The van der Waals surface area contributed by atoms with Gasteiger partial charge in [0.2, 0.25) is 0 Å². The van der Waals surface area contributed by atoms with Crippen molar-refractivity contribution in [2.45, 2.75) is 115 Å².